The molecule has 0 saturated heterocycles. The SMILES string of the molecule is CC(C)N1c2nc(-c3c[nH]c4ccc(C#CCN(C)C)cc34)cc(=O)n2CC1(C)C. The summed E-state index contributed by atoms with van der Waals surface area (Å²) in [5, 5.41) is 1.02. The molecule has 1 aromatic carbocycles. The molecule has 0 amide bonds. The van der Waals surface area contributed by atoms with E-state index in [4.69, 9.17) is 4.98 Å². The lowest BCUT2D eigenvalue weighted by atomic mass is 10.0. The van der Waals surface area contributed by atoms with Crippen molar-refractivity contribution in [3.05, 3.63) is 46.4 Å². The van der Waals surface area contributed by atoms with E-state index in [9.17, 15) is 4.79 Å². The second-order valence-corrected chi connectivity index (χ2v) is 9.14. The summed E-state index contributed by atoms with van der Waals surface area (Å²) in [4.78, 5) is 25.5. The Labute approximate surface area is 177 Å². The van der Waals surface area contributed by atoms with Gasteiger partial charge in [0.05, 0.1) is 24.3 Å². The molecule has 1 aliphatic rings. The van der Waals surface area contributed by atoms with Gasteiger partial charge in [-0.1, -0.05) is 11.8 Å². The first kappa shape index (κ1) is 20.2. The van der Waals surface area contributed by atoms with E-state index >= 15 is 0 Å². The molecule has 6 nitrogen and oxygen atoms in total. The van der Waals surface area contributed by atoms with Crippen molar-refractivity contribution < 1.29 is 0 Å². The largest absolute Gasteiger partial charge is 0.360 e. The van der Waals surface area contributed by atoms with Crippen LogP contribution in [-0.4, -0.2) is 51.7 Å². The van der Waals surface area contributed by atoms with Crippen molar-refractivity contribution in [2.75, 3.05) is 25.5 Å². The number of aromatic nitrogens is 3. The van der Waals surface area contributed by atoms with E-state index in [1.807, 2.05) is 37.3 Å². The molecule has 3 heterocycles. The van der Waals surface area contributed by atoms with E-state index in [0.717, 1.165) is 28.0 Å². The molecule has 30 heavy (non-hydrogen) atoms. The first-order valence-corrected chi connectivity index (χ1v) is 10.3. The van der Waals surface area contributed by atoms with Crippen molar-refractivity contribution >= 4 is 16.9 Å². The van der Waals surface area contributed by atoms with Gasteiger partial charge in [0.25, 0.3) is 5.56 Å². The van der Waals surface area contributed by atoms with E-state index in [-0.39, 0.29) is 17.1 Å². The molecule has 4 rings (SSSR count). The first-order valence-electron chi connectivity index (χ1n) is 10.3. The minimum absolute atomic E-state index is 0.0116. The van der Waals surface area contributed by atoms with Crippen molar-refractivity contribution in [2.24, 2.45) is 0 Å². The molecular weight excluding hydrogens is 374 g/mol. The Morgan fingerprint density at radius 1 is 1.27 bits per heavy atom. The molecule has 1 aliphatic heterocycles. The Morgan fingerprint density at radius 2 is 2.03 bits per heavy atom. The fourth-order valence-electron chi connectivity index (χ4n) is 4.34. The fourth-order valence-corrected chi connectivity index (χ4v) is 4.34. The van der Waals surface area contributed by atoms with Crippen molar-refractivity contribution in [3.8, 4) is 23.1 Å². The molecule has 0 bridgehead atoms. The number of nitrogens with one attached hydrogen (secondary N) is 1. The van der Waals surface area contributed by atoms with Crippen LogP contribution < -0.4 is 10.5 Å². The normalized spacial score (nSPS) is 15.0. The summed E-state index contributed by atoms with van der Waals surface area (Å²) in [5.74, 6) is 7.14. The number of hydrogen-bond donors (Lipinski definition) is 1. The quantitative estimate of drug-likeness (QED) is 0.682. The third-order valence-electron chi connectivity index (χ3n) is 5.50. The zero-order valence-electron chi connectivity index (χ0n) is 18.6. The maximum absolute atomic E-state index is 13.0. The zero-order valence-corrected chi connectivity index (χ0v) is 18.6. The number of aromatic amines is 1. The lowest BCUT2D eigenvalue weighted by Crippen LogP contribution is -2.45. The van der Waals surface area contributed by atoms with Gasteiger partial charge in [0.1, 0.15) is 0 Å². The Hall–Kier alpha value is -3.04. The Morgan fingerprint density at radius 3 is 2.73 bits per heavy atom. The molecule has 1 N–H and O–H groups in total. The molecule has 0 saturated carbocycles. The van der Waals surface area contributed by atoms with Crippen LogP contribution in [0.1, 0.15) is 33.3 Å². The van der Waals surface area contributed by atoms with Crippen LogP contribution in [0.2, 0.25) is 0 Å². The molecular formula is C24H29N5O. The Balaban J connectivity index is 1.82. The van der Waals surface area contributed by atoms with Crippen LogP contribution in [0.15, 0.2) is 35.3 Å². The molecule has 0 unspecified atom stereocenters. The van der Waals surface area contributed by atoms with Crippen molar-refractivity contribution in [2.45, 2.75) is 45.8 Å². The monoisotopic (exact) mass is 403 g/mol. The van der Waals surface area contributed by atoms with Gasteiger partial charge in [-0.25, -0.2) is 4.98 Å². The molecule has 156 valence electrons. The van der Waals surface area contributed by atoms with Gasteiger partial charge >= 0.3 is 0 Å². The summed E-state index contributed by atoms with van der Waals surface area (Å²) in [5.41, 5.74) is 3.41. The predicted molar refractivity (Wildman–Crippen MR) is 123 cm³/mol. The van der Waals surface area contributed by atoms with Gasteiger partial charge in [-0.2, -0.15) is 0 Å². The summed E-state index contributed by atoms with van der Waals surface area (Å²) < 4.78 is 1.79. The number of hydrogen-bond acceptors (Lipinski definition) is 4. The minimum Gasteiger partial charge on any atom is -0.360 e. The van der Waals surface area contributed by atoms with E-state index < -0.39 is 0 Å². The van der Waals surface area contributed by atoms with E-state index in [2.05, 4.69) is 55.5 Å². The predicted octanol–water partition coefficient (Wildman–Crippen LogP) is 3.31. The highest BCUT2D eigenvalue weighted by molar-refractivity contribution is 5.95. The number of H-pyrrole nitrogens is 1. The topological polar surface area (TPSA) is 57.2 Å². The molecule has 3 aromatic rings. The number of rotatable bonds is 3. The molecule has 0 aliphatic carbocycles. The van der Waals surface area contributed by atoms with Crippen LogP contribution in [-0.2, 0) is 6.54 Å². The maximum atomic E-state index is 13.0. The highest BCUT2D eigenvalue weighted by Crippen LogP contribution is 2.35. The van der Waals surface area contributed by atoms with Crippen molar-refractivity contribution in [1.29, 1.82) is 0 Å². The van der Waals surface area contributed by atoms with Crippen LogP contribution in [0.5, 0.6) is 0 Å². The van der Waals surface area contributed by atoms with Crippen molar-refractivity contribution in [1.82, 2.24) is 19.4 Å². The summed E-state index contributed by atoms with van der Waals surface area (Å²) in [6.07, 6.45) is 1.93. The Bertz CT molecular complexity index is 1220. The third kappa shape index (κ3) is 3.50. The molecule has 0 radical (unpaired) electrons. The molecule has 6 heteroatoms. The number of anilines is 1. The van der Waals surface area contributed by atoms with Gasteiger partial charge in [-0.05, 0) is 60.0 Å². The van der Waals surface area contributed by atoms with E-state index in [0.29, 0.717) is 18.8 Å². The summed E-state index contributed by atoms with van der Waals surface area (Å²) in [6.45, 7) is 9.95. The van der Waals surface area contributed by atoms with Gasteiger partial charge < -0.3 is 9.88 Å². The van der Waals surface area contributed by atoms with Crippen LogP contribution >= 0.6 is 0 Å². The van der Waals surface area contributed by atoms with Crippen LogP contribution in [0.25, 0.3) is 22.2 Å². The third-order valence-corrected chi connectivity index (χ3v) is 5.50. The average molecular weight is 404 g/mol. The van der Waals surface area contributed by atoms with Crippen LogP contribution in [0.3, 0.4) is 0 Å². The van der Waals surface area contributed by atoms with E-state index in [1.165, 1.54) is 0 Å². The molecule has 0 spiro atoms. The lowest BCUT2D eigenvalue weighted by molar-refractivity contribution is 0.425. The summed E-state index contributed by atoms with van der Waals surface area (Å²) >= 11 is 0. The number of benzene rings is 1. The minimum atomic E-state index is -0.151. The van der Waals surface area contributed by atoms with Gasteiger partial charge in [-0.3, -0.25) is 14.3 Å². The van der Waals surface area contributed by atoms with Gasteiger partial charge in [0, 0.05) is 40.3 Å². The maximum Gasteiger partial charge on any atom is 0.255 e. The lowest BCUT2D eigenvalue weighted by Gasteiger charge is -2.35. The van der Waals surface area contributed by atoms with Crippen LogP contribution in [0.4, 0.5) is 5.95 Å². The second kappa shape index (κ2) is 7.33. The van der Waals surface area contributed by atoms with Crippen LogP contribution in [0, 0.1) is 11.8 Å². The number of fused-ring (bicyclic) bond motifs is 2. The zero-order chi connectivity index (χ0) is 21.6. The first-order chi connectivity index (χ1) is 14.2. The van der Waals surface area contributed by atoms with Gasteiger partial charge in [-0.15, -0.1) is 0 Å². The second-order valence-electron chi connectivity index (χ2n) is 9.14. The molecule has 0 atom stereocenters. The fraction of sp³-hybridized carbons (Fsp3) is 0.417. The molecule has 2 aromatic heterocycles. The summed E-state index contributed by atoms with van der Waals surface area (Å²) in [7, 11) is 4.00. The molecule has 0 fully saturated rings. The highest BCUT2D eigenvalue weighted by atomic mass is 16.1. The van der Waals surface area contributed by atoms with Crippen molar-refractivity contribution in [3.63, 3.8) is 0 Å². The van der Waals surface area contributed by atoms with E-state index in [1.54, 1.807) is 10.6 Å². The van der Waals surface area contributed by atoms with Gasteiger partial charge in [0.2, 0.25) is 5.95 Å². The standard InChI is InChI=1S/C24H29N5O/c1-16(2)29-23-26-21(13-22(30)28(23)15-24(29,3)4)19-14-25-20-10-9-17(12-18(19)20)8-7-11-27(5)6/h9-10,12-14,16,25H,11,15H2,1-6H3. The average Bonchev–Trinajstić information content (AvgIpc) is 3.18. The van der Waals surface area contributed by atoms with Gasteiger partial charge in [0.15, 0.2) is 0 Å². The smallest absolute Gasteiger partial charge is 0.255 e. The highest BCUT2D eigenvalue weighted by Gasteiger charge is 2.39. The Kier molecular flexibility index (Phi) is 4.95. The summed E-state index contributed by atoms with van der Waals surface area (Å²) in [6, 6.07) is 8.01. The number of nitrogens with zero attached hydrogens (tertiary/aromatic N) is 4.